The second kappa shape index (κ2) is 36.6. The van der Waals surface area contributed by atoms with E-state index in [2.05, 4.69) is 57.9 Å². The first-order valence-corrected chi connectivity index (χ1v) is 24.3. The first-order valence-electron chi connectivity index (χ1n) is 24.3. The van der Waals surface area contributed by atoms with Crippen LogP contribution < -0.4 is 9.47 Å². The van der Waals surface area contributed by atoms with Crippen LogP contribution in [-0.2, 0) is 56.8 Å². The lowest BCUT2D eigenvalue weighted by Crippen LogP contribution is -2.26. The molecule has 16 nitrogen and oxygen atoms in total. The number of fused-ring (bicyclic) bond motifs is 3. The minimum Gasteiger partial charge on any atom is -0.489 e. The highest BCUT2D eigenvalue weighted by Gasteiger charge is 2.22. The normalized spacial score (nSPS) is 11.3. The molecule has 0 radical (unpaired) electrons. The average Bonchev–Trinajstić information content (AvgIpc) is 3.41. The van der Waals surface area contributed by atoms with Crippen molar-refractivity contribution >= 4 is 21.5 Å². The van der Waals surface area contributed by atoms with Gasteiger partial charge in [-0.15, -0.1) is 0 Å². The molecule has 0 aliphatic heterocycles. The molecule has 0 spiro atoms. The van der Waals surface area contributed by atoms with Crippen LogP contribution in [0, 0.1) is 35.5 Å². The molecule has 0 fully saturated rings. The summed E-state index contributed by atoms with van der Waals surface area (Å²) in [5.74, 6) is 14.0. The van der Waals surface area contributed by atoms with E-state index in [9.17, 15) is 0 Å². The van der Waals surface area contributed by atoms with E-state index in [1.54, 1.807) is 53.2 Å². The molecule has 5 aromatic rings. The number of hydrogen-bond acceptors (Lipinski definition) is 16. The smallest absolute Gasteiger partial charge is 0.169 e. The van der Waals surface area contributed by atoms with Crippen molar-refractivity contribution in [2.75, 3.05) is 174 Å². The third-order valence-corrected chi connectivity index (χ3v) is 10.6. The Morgan fingerprint density at radius 1 is 0.319 bits per heavy atom. The first kappa shape index (κ1) is 57.6. The van der Waals surface area contributed by atoms with Crippen molar-refractivity contribution < 1.29 is 66.3 Å². The summed E-state index contributed by atoms with van der Waals surface area (Å²) in [6.45, 7) is 9.02. The molecule has 0 unspecified atom stereocenters. The van der Waals surface area contributed by atoms with E-state index >= 15 is 0 Å². The summed E-state index contributed by atoms with van der Waals surface area (Å²) in [6, 6.07) is 19.8. The second-order valence-electron chi connectivity index (χ2n) is 16.2. The number of methoxy groups -OCH3 is 4. The Morgan fingerprint density at radius 2 is 0.611 bits per heavy atom. The Morgan fingerprint density at radius 3 is 0.931 bits per heavy atom. The van der Waals surface area contributed by atoms with Gasteiger partial charge >= 0.3 is 0 Å². The van der Waals surface area contributed by atoms with Crippen LogP contribution in [0.5, 0.6) is 11.5 Å². The van der Waals surface area contributed by atoms with E-state index in [0.717, 1.165) is 43.8 Å². The number of benzene rings is 3. The molecule has 390 valence electrons. The Hall–Kier alpha value is -5.28. The third-order valence-electron chi connectivity index (χ3n) is 10.6. The van der Waals surface area contributed by atoms with Gasteiger partial charge in [0.25, 0.3) is 0 Å². The van der Waals surface area contributed by atoms with Gasteiger partial charge in [0.15, 0.2) is 11.5 Å². The summed E-state index contributed by atoms with van der Waals surface area (Å²) in [4.78, 5) is 8.30. The number of aromatic nitrogens is 2. The van der Waals surface area contributed by atoms with Crippen molar-refractivity contribution in [1.82, 2.24) is 9.97 Å². The minimum atomic E-state index is -0.194. The second-order valence-corrected chi connectivity index (χ2v) is 16.2. The number of ether oxygens (including phenoxy) is 14. The summed E-state index contributed by atoms with van der Waals surface area (Å²) in [6.07, 6.45) is 6.91. The van der Waals surface area contributed by atoms with Gasteiger partial charge in [-0.3, -0.25) is 9.97 Å². The molecule has 0 amide bonds. The van der Waals surface area contributed by atoms with Crippen LogP contribution in [0.4, 0.5) is 0 Å². The van der Waals surface area contributed by atoms with Gasteiger partial charge < -0.3 is 66.3 Å². The van der Waals surface area contributed by atoms with E-state index in [1.165, 1.54) is 0 Å². The zero-order valence-electron chi connectivity index (χ0n) is 42.4. The summed E-state index contributed by atoms with van der Waals surface area (Å²) >= 11 is 0. The van der Waals surface area contributed by atoms with Gasteiger partial charge in [0.1, 0.15) is 0 Å². The summed E-state index contributed by atoms with van der Waals surface area (Å²) in [5.41, 5.74) is 3.28. The third kappa shape index (κ3) is 22.2. The lowest BCUT2D eigenvalue weighted by Gasteiger charge is -2.24. The highest BCUT2D eigenvalue weighted by molar-refractivity contribution is 6.14. The predicted octanol–water partition coefficient (Wildman–Crippen LogP) is 6.29. The Kier molecular flexibility index (Phi) is 29.3. The van der Waals surface area contributed by atoms with Crippen LogP contribution in [0.2, 0.25) is 0 Å². The molecule has 0 saturated heterocycles. The maximum atomic E-state index is 7.05. The number of nitrogens with zero attached hydrogens (tertiary/aromatic N) is 2. The van der Waals surface area contributed by atoms with E-state index in [4.69, 9.17) is 66.3 Å². The average molecular weight is 997 g/mol. The van der Waals surface area contributed by atoms with Crippen molar-refractivity contribution in [2.45, 2.75) is 0 Å². The molecular weight excluding hydrogens is 925 g/mol. The van der Waals surface area contributed by atoms with Crippen molar-refractivity contribution in [3.63, 3.8) is 0 Å². The summed E-state index contributed by atoms with van der Waals surface area (Å²) in [7, 11) is 6.58. The molecule has 2 heterocycles. The Labute approximate surface area is 425 Å². The standard InChI is InChI=1S/C56H72N2O14/c1-59-21-25-63-29-33-67-39-49(40-68-34-30-64-26-22-60-2)43-71-55-53-37-47(7-5-45-13-17-57-18-14-45)9-11-51(53)52-12-10-48(8-6-46-15-19-58-20-16-46)38-54(52)56(55)72-44-50(41-69-35-31-65-27-23-61-3)42-70-36-32-66-28-24-62-4/h9-20,37-38,49-50H,21-36,39-44H2,1-4H3. The van der Waals surface area contributed by atoms with Gasteiger partial charge in [-0.1, -0.05) is 35.8 Å². The van der Waals surface area contributed by atoms with Gasteiger partial charge in [0.05, 0.1) is 145 Å². The van der Waals surface area contributed by atoms with Crippen LogP contribution >= 0.6 is 0 Å². The highest BCUT2D eigenvalue weighted by atomic mass is 16.6. The zero-order valence-corrected chi connectivity index (χ0v) is 42.4. The van der Waals surface area contributed by atoms with E-state index in [-0.39, 0.29) is 25.0 Å². The molecule has 0 saturated carbocycles. The van der Waals surface area contributed by atoms with Crippen molar-refractivity contribution in [3.8, 4) is 35.2 Å². The van der Waals surface area contributed by atoms with Gasteiger partial charge in [0.2, 0.25) is 0 Å². The summed E-state index contributed by atoms with van der Waals surface area (Å²) in [5, 5.41) is 3.54. The molecule has 72 heavy (non-hydrogen) atoms. The predicted molar refractivity (Wildman–Crippen MR) is 274 cm³/mol. The Balaban J connectivity index is 1.54. The number of rotatable bonds is 38. The van der Waals surface area contributed by atoms with Gasteiger partial charge in [-0.25, -0.2) is 0 Å². The quantitative estimate of drug-likeness (QED) is 0.0247. The molecule has 0 atom stereocenters. The van der Waals surface area contributed by atoms with Crippen LogP contribution in [0.3, 0.4) is 0 Å². The van der Waals surface area contributed by atoms with Crippen molar-refractivity contribution in [3.05, 3.63) is 108 Å². The van der Waals surface area contributed by atoms with Crippen LogP contribution in [-0.4, -0.2) is 184 Å². The lowest BCUT2D eigenvalue weighted by molar-refractivity contribution is -0.0232. The lowest BCUT2D eigenvalue weighted by atomic mass is 9.96. The molecule has 3 aromatic carbocycles. The number of hydrogen-bond donors (Lipinski definition) is 0. The molecule has 0 N–H and O–H groups in total. The van der Waals surface area contributed by atoms with E-state index in [1.807, 2.05) is 36.4 Å². The molecule has 2 aromatic heterocycles. The Bertz CT molecular complexity index is 2150. The van der Waals surface area contributed by atoms with E-state index in [0.29, 0.717) is 144 Å². The minimum absolute atomic E-state index is 0.194. The van der Waals surface area contributed by atoms with Gasteiger partial charge in [-0.2, -0.15) is 0 Å². The fourth-order valence-electron chi connectivity index (χ4n) is 6.92. The monoisotopic (exact) mass is 996 g/mol. The SMILES string of the molecule is COCCOCCOCC(COCCOCCOC)COc1c(OCC(COCCOCCOC)COCCOCCOC)c2cc(C#Cc3ccncc3)ccc2c2ccc(C#Cc3ccncc3)cc12. The van der Waals surface area contributed by atoms with Crippen LogP contribution in [0.1, 0.15) is 22.3 Å². The molecule has 5 rings (SSSR count). The number of pyridine rings is 2. The fourth-order valence-corrected chi connectivity index (χ4v) is 6.92. The first-order chi connectivity index (χ1) is 35.6. The molecule has 0 bridgehead atoms. The van der Waals surface area contributed by atoms with Crippen LogP contribution in [0.15, 0.2) is 85.5 Å². The van der Waals surface area contributed by atoms with Crippen molar-refractivity contribution in [1.29, 1.82) is 0 Å². The van der Waals surface area contributed by atoms with Gasteiger partial charge in [-0.05, 0) is 59.3 Å². The topological polar surface area (TPSA) is 155 Å². The highest BCUT2D eigenvalue weighted by Crippen LogP contribution is 2.45. The molecule has 0 aliphatic carbocycles. The molecular formula is C56H72N2O14. The summed E-state index contributed by atoms with van der Waals surface area (Å²) < 4.78 is 81.9. The maximum Gasteiger partial charge on any atom is 0.169 e. The van der Waals surface area contributed by atoms with Crippen LogP contribution in [0.25, 0.3) is 21.5 Å². The van der Waals surface area contributed by atoms with Gasteiger partial charge in [0, 0.05) is 98.1 Å². The molecule has 16 heteroatoms. The zero-order chi connectivity index (χ0) is 50.5. The fraction of sp³-hybridized carbons (Fsp3) is 0.500. The maximum absolute atomic E-state index is 7.05. The largest absolute Gasteiger partial charge is 0.489 e. The molecule has 0 aliphatic rings. The van der Waals surface area contributed by atoms with E-state index < -0.39 is 0 Å². The van der Waals surface area contributed by atoms with Crippen molar-refractivity contribution in [2.24, 2.45) is 11.8 Å².